The molecule has 1 aromatic carbocycles. The van der Waals surface area contributed by atoms with Crippen molar-refractivity contribution in [1.82, 2.24) is 14.6 Å². The number of carbonyl (C=O) groups excluding carboxylic acids is 1. The Morgan fingerprint density at radius 2 is 1.96 bits per heavy atom. The van der Waals surface area contributed by atoms with Crippen molar-refractivity contribution in [3.8, 4) is 0 Å². The minimum Gasteiger partial charge on any atom is -0.362 e. The van der Waals surface area contributed by atoms with E-state index in [9.17, 15) is 13.2 Å². The fraction of sp³-hybridized carbons (Fsp3) is 0.400. The summed E-state index contributed by atoms with van der Waals surface area (Å²) in [5.74, 6) is 0.609. The predicted octanol–water partition coefficient (Wildman–Crippen LogP) is 1.87. The van der Waals surface area contributed by atoms with E-state index in [1.54, 1.807) is 29.3 Å². The fourth-order valence-electron chi connectivity index (χ4n) is 3.41. The van der Waals surface area contributed by atoms with Crippen molar-refractivity contribution >= 4 is 21.7 Å². The topological polar surface area (TPSA) is 82.6 Å². The van der Waals surface area contributed by atoms with Crippen LogP contribution in [0.25, 0.3) is 0 Å². The van der Waals surface area contributed by atoms with Gasteiger partial charge in [-0.15, -0.1) is 0 Å². The summed E-state index contributed by atoms with van der Waals surface area (Å²) in [5, 5.41) is -0.617. The van der Waals surface area contributed by atoms with Crippen molar-refractivity contribution in [2.75, 3.05) is 32.1 Å². The quantitative estimate of drug-likeness (QED) is 0.798. The molecule has 1 aliphatic rings. The van der Waals surface area contributed by atoms with Crippen LogP contribution in [0.5, 0.6) is 0 Å². The third kappa shape index (κ3) is 4.69. The van der Waals surface area contributed by atoms with E-state index in [-0.39, 0.29) is 19.0 Å². The van der Waals surface area contributed by atoms with Crippen LogP contribution in [0.15, 0.2) is 48.7 Å². The molecule has 1 aliphatic heterocycles. The summed E-state index contributed by atoms with van der Waals surface area (Å²) >= 11 is 0. The van der Waals surface area contributed by atoms with Crippen LogP contribution in [-0.2, 0) is 16.6 Å². The third-order valence-corrected chi connectivity index (χ3v) is 6.69. The number of likely N-dealkylation sites (tertiary alicyclic amines) is 1. The van der Waals surface area contributed by atoms with Gasteiger partial charge in [-0.1, -0.05) is 24.3 Å². The summed E-state index contributed by atoms with van der Waals surface area (Å²) in [6.45, 7) is 0.955. The van der Waals surface area contributed by atoms with E-state index in [4.69, 9.17) is 0 Å². The van der Waals surface area contributed by atoms with Gasteiger partial charge >= 0.3 is 0 Å². The standard InChI is InChI=1S/C20H26N4O3S/c1-23(2)19-17(10-6-12-21-19)14-22-28(26,27)18-11-7-13-24(15-18)20(25)16-8-4-3-5-9-16/h3-6,8-10,12,18,22H,7,11,13-15H2,1-2H3. The number of carbonyl (C=O) groups is 1. The highest BCUT2D eigenvalue weighted by Gasteiger charge is 2.33. The molecule has 1 saturated heterocycles. The van der Waals surface area contributed by atoms with Crippen molar-refractivity contribution in [2.24, 2.45) is 0 Å². The Morgan fingerprint density at radius 1 is 1.21 bits per heavy atom. The van der Waals surface area contributed by atoms with Crippen LogP contribution in [0, 0.1) is 0 Å². The first kappa shape index (κ1) is 20.3. The molecule has 1 fully saturated rings. The largest absolute Gasteiger partial charge is 0.362 e. The van der Waals surface area contributed by atoms with Crippen molar-refractivity contribution in [3.63, 3.8) is 0 Å². The van der Waals surface area contributed by atoms with E-state index in [2.05, 4.69) is 9.71 Å². The van der Waals surface area contributed by atoms with Crippen LogP contribution in [-0.4, -0.2) is 56.6 Å². The molecule has 8 heteroatoms. The zero-order chi connectivity index (χ0) is 20.1. The first-order valence-corrected chi connectivity index (χ1v) is 10.9. The van der Waals surface area contributed by atoms with E-state index in [0.29, 0.717) is 24.9 Å². The van der Waals surface area contributed by atoms with E-state index in [1.165, 1.54) is 0 Å². The maximum Gasteiger partial charge on any atom is 0.253 e. The van der Waals surface area contributed by atoms with Gasteiger partial charge in [-0.05, 0) is 31.0 Å². The average molecular weight is 403 g/mol. The van der Waals surface area contributed by atoms with E-state index >= 15 is 0 Å². The molecule has 3 rings (SSSR count). The van der Waals surface area contributed by atoms with Gasteiger partial charge in [0, 0.05) is 51.1 Å². The second kappa shape index (κ2) is 8.70. The summed E-state index contributed by atoms with van der Waals surface area (Å²) in [4.78, 5) is 20.5. The number of anilines is 1. The molecule has 0 bridgehead atoms. The van der Waals surface area contributed by atoms with Crippen LogP contribution in [0.4, 0.5) is 5.82 Å². The second-order valence-corrected chi connectivity index (χ2v) is 9.17. The van der Waals surface area contributed by atoms with Crippen molar-refractivity contribution in [2.45, 2.75) is 24.6 Å². The van der Waals surface area contributed by atoms with Gasteiger partial charge in [0.1, 0.15) is 5.82 Å². The lowest BCUT2D eigenvalue weighted by molar-refractivity contribution is 0.0726. The maximum absolute atomic E-state index is 12.9. The van der Waals surface area contributed by atoms with Crippen molar-refractivity contribution in [3.05, 3.63) is 59.8 Å². The molecule has 2 heterocycles. The van der Waals surface area contributed by atoms with Gasteiger partial charge in [0.05, 0.1) is 5.25 Å². The van der Waals surface area contributed by atoms with Gasteiger partial charge in [-0.3, -0.25) is 4.79 Å². The molecular weight excluding hydrogens is 376 g/mol. The Labute approximate surface area is 166 Å². The smallest absolute Gasteiger partial charge is 0.253 e. The first-order valence-electron chi connectivity index (χ1n) is 9.32. The third-order valence-electron chi connectivity index (χ3n) is 4.88. The molecule has 2 aromatic rings. The minimum atomic E-state index is -3.56. The van der Waals surface area contributed by atoms with Crippen molar-refractivity contribution in [1.29, 1.82) is 0 Å². The molecule has 1 aromatic heterocycles. The summed E-state index contributed by atoms with van der Waals surface area (Å²) in [5.41, 5.74) is 1.39. The molecular formula is C20H26N4O3S. The number of hydrogen-bond donors (Lipinski definition) is 1. The number of benzene rings is 1. The maximum atomic E-state index is 12.9. The van der Waals surface area contributed by atoms with Crippen LogP contribution >= 0.6 is 0 Å². The average Bonchev–Trinajstić information content (AvgIpc) is 2.72. The summed E-state index contributed by atoms with van der Waals surface area (Å²) in [7, 11) is 0.176. The lowest BCUT2D eigenvalue weighted by Gasteiger charge is -2.32. The zero-order valence-electron chi connectivity index (χ0n) is 16.2. The number of sulfonamides is 1. The number of rotatable bonds is 6. The lowest BCUT2D eigenvalue weighted by Crippen LogP contribution is -2.48. The number of aromatic nitrogens is 1. The molecule has 1 amide bonds. The highest BCUT2D eigenvalue weighted by atomic mass is 32.2. The molecule has 1 N–H and O–H groups in total. The highest BCUT2D eigenvalue weighted by Crippen LogP contribution is 2.20. The molecule has 0 saturated carbocycles. The van der Waals surface area contributed by atoms with Gasteiger partial charge in [-0.25, -0.2) is 18.1 Å². The van der Waals surface area contributed by atoms with Gasteiger partial charge in [-0.2, -0.15) is 0 Å². The zero-order valence-corrected chi connectivity index (χ0v) is 17.0. The normalized spacial score (nSPS) is 17.4. The Balaban J connectivity index is 1.67. The number of piperidine rings is 1. The van der Waals surface area contributed by atoms with E-state index in [1.807, 2.05) is 43.3 Å². The first-order chi connectivity index (χ1) is 13.4. The van der Waals surface area contributed by atoms with Gasteiger partial charge in [0.2, 0.25) is 10.0 Å². The summed E-state index contributed by atoms with van der Waals surface area (Å²) < 4.78 is 28.4. The van der Waals surface area contributed by atoms with Gasteiger partial charge in [0.25, 0.3) is 5.91 Å². The van der Waals surface area contributed by atoms with Gasteiger partial charge in [0.15, 0.2) is 0 Å². The Hall–Kier alpha value is -2.45. The molecule has 0 spiro atoms. The molecule has 150 valence electrons. The fourth-order valence-corrected chi connectivity index (χ4v) is 4.85. The van der Waals surface area contributed by atoms with Crippen LogP contribution in [0.3, 0.4) is 0 Å². The number of nitrogens with one attached hydrogen (secondary N) is 1. The molecule has 0 radical (unpaired) electrons. The molecule has 28 heavy (non-hydrogen) atoms. The Bertz CT molecular complexity index is 916. The predicted molar refractivity (Wildman–Crippen MR) is 110 cm³/mol. The minimum absolute atomic E-state index is 0.123. The van der Waals surface area contributed by atoms with E-state index in [0.717, 1.165) is 11.4 Å². The number of hydrogen-bond acceptors (Lipinski definition) is 5. The Kier molecular flexibility index (Phi) is 6.31. The SMILES string of the molecule is CN(C)c1ncccc1CNS(=O)(=O)C1CCCN(C(=O)c2ccccc2)C1. The molecule has 7 nitrogen and oxygen atoms in total. The summed E-state index contributed by atoms with van der Waals surface area (Å²) in [6, 6.07) is 12.6. The number of pyridine rings is 1. The van der Waals surface area contributed by atoms with E-state index < -0.39 is 15.3 Å². The summed E-state index contributed by atoms with van der Waals surface area (Å²) in [6.07, 6.45) is 2.89. The molecule has 1 atom stereocenters. The number of nitrogens with zero attached hydrogens (tertiary/aromatic N) is 3. The molecule has 1 unspecified atom stereocenters. The van der Waals surface area contributed by atoms with Gasteiger partial charge < -0.3 is 9.80 Å². The van der Waals surface area contributed by atoms with Crippen molar-refractivity contribution < 1.29 is 13.2 Å². The Morgan fingerprint density at radius 3 is 2.68 bits per heavy atom. The van der Waals surface area contributed by atoms with Crippen LogP contribution in [0.2, 0.25) is 0 Å². The number of amides is 1. The lowest BCUT2D eigenvalue weighted by atomic mass is 10.1. The monoisotopic (exact) mass is 402 g/mol. The van der Waals surface area contributed by atoms with Crippen LogP contribution in [0.1, 0.15) is 28.8 Å². The second-order valence-electron chi connectivity index (χ2n) is 7.13. The van der Waals surface area contributed by atoms with Crippen LogP contribution < -0.4 is 9.62 Å². The highest BCUT2D eigenvalue weighted by molar-refractivity contribution is 7.90. The molecule has 0 aliphatic carbocycles.